The Morgan fingerprint density at radius 2 is 1.58 bits per heavy atom. The average molecular weight is 515 g/mol. The molecule has 0 aliphatic heterocycles. The molecule has 0 unspecified atom stereocenters. The Kier molecular flexibility index (Phi) is 8.37. The third-order valence-corrected chi connectivity index (χ3v) is 5.66. The number of carbonyl (C=O) groups excluding carboxylic acids is 1. The molecular weight excluding hydrogens is 487 g/mol. The largest absolute Gasteiger partial charge is 0.496 e. The van der Waals surface area contributed by atoms with E-state index in [1.54, 1.807) is 18.2 Å². The van der Waals surface area contributed by atoms with Crippen LogP contribution in [0.2, 0.25) is 0 Å². The van der Waals surface area contributed by atoms with Gasteiger partial charge in [-0.05, 0) is 61.4 Å². The number of aldehydes is 1. The van der Waals surface area contributed by atoms with Gasteiger partial charge in [-0.15, -0.1) is 0 Å². The third kappa shape index (κ3) is 6.23. The van der Waals surface area contributed by atoms with E-state index in [4.69, 9.17) is 18.4 Å². The second kappa shape index (κ2) is 11.3. The Bertz CT molecular complexity index is 1390. The van der Waals surface area contributed by atoms with Gasteiger partial charge in [0.15, 0.2) is 17.8 Å². The predicted molar refractivity (Wildman–Crippen MR) is 136 cm³/mol. The zero-order chi connectivity index (χ0) is 26.5. The fourth-order valence-corrected chi connectivity index (χ4v) is 4.06. The van der Waals surface area contributed by atoms with Gasteiger partial charge in [0.05, 0.1) is 26.0 Å². The summed E-state index contributed by atoms with van der Waals surface area (Å²) in [7, 11) is -1.00. The topological polar surface area (TPSA) is 88.1 Å². The molecule has 7 nitrogen and oxygen atoms in total. The van der Waals surface area contributed by atoms with Gasteiger partial charge in [-0.3, -0.25) is 4.79 Å². The Labute approximate surface area is 210 Å². The molecule has 0 radical (unpaired) electrons. The maximum Gasteiger partial charge on any atom is 0.306 e. The zero-order valence-electron chi connectivity index (χ0n) is 20.6. The molecule has 0 aliphatic carbocycles. The number of rotatable bonds is 10. The molecule has 0 saturated carbocycles. The third-order valence-electron chi connectivity index (χ3n) is 5.18. The van der Waals surface area contributed by atoms with Crippen LogP contribution in [0, 0.1) is 5.82 Å². The first-order valence-corrected chi connectivity index (χ1v) is 12.7. The minimum Gasteiger partial charge on any atom is -0.496 e. The van der Waals surface area contributed by atoms with Crippen LogP contribution in [0.3, 0.4) is 0 Å². The first-order valence-electron chi connectivity index (χ1n) is 10.9. The summed E-state index contributed by atoms with van der Waals surface area (Å²) >= 11 is 0. The second-order valence-corrected chi connectivity index (χ2v) is 9.69. The van der Waals surface area contributed by atoms with Crippen molar-refractivity contribution in [1.29, 1.82) is 0 Å². The Hall–Kier alpha value is -3.85. The van der Waals surface area contributed by atoms with Crippen molar-refractivity contribution in [1.82, 2.24) is 0 Å². The van der Waals surface area contributed by atoms with Crippen LogP contribution in [0.4, 0.5) is 4.39 Å². The van der Waals surface area contributed by atoms with Crippen molar-refractivity contribution in [3.63, 3.8) is 0 Å². The summed E-state index contributed by atoms with van der Waals surface area (Å²) in [5, 5.41) is 0. The number of hydrogen-bond donors (Lipinski definition) is 0. The van der Waals surface area contributed by atoms with Gasteiger partial charge < -0.3 is 18.4 Å². The fourth-order valence-electron chi connectivity index (χ4n) is 3.60. The molecule has 36 heavy (non-hydrogen) atoms. The Morgan fingerprint density at radius 1 is 0.917 bits per heavy atom. The fraction of sp³-hybridized carbons (Fsp3) is 0.222. The number of methoxy groups -OCH3 is 2. The van der Waals surface area contributed by atoms with Crippen molar-refractivity contribution in [3.05, 3.63) is 71.6 Å². The van der Waals surface area contributed by atoms with Crippen molar-refractivity contribution in [2.24, 2.45) is 0 Å². The van der Waals surface area contributed by atoms with E-state index in [1.807, 2.05) is 19.9 Å². The van der Waals surface area contributed by atoms with Crippen LogP contribution in [0.1, 0.15) is 24.2 Å². The number of ether oxygens (including phenoxy) is 3. The van der Waals surface area contributed by atoms with Crippen molar-refractivity contribution in [3.8, 4) is 45.3 Å². The van der Waals surface area contributed by atoms with Crippen molar-refractivity contribution >= 4 is 16.4 Å². The highest BCUT2D eigenvalue weighted by molar-refractivity contribution is 7.86. The van der Waals surface area contributed by atoms with E-state index in [2.05, 4.69) is 0 Å². The highest BCUT2D eigenvalue weighted by Crippen LogP contribution is 2.46. The molecule has 0 aromatic heterocycles. The summed E-state index contributed by atoms with van der Waals surface area (Å²) in [5.41, 5.74) is 3.17. The van der Waals surface area contributed by atoms with Crippen LogP contribution in [0.25, 0.3) is 22.3 Å². The van der Waals surface area contributed by atoms with Gasteiger partial charge in [0, 0.05) is 11.1 Å². The molecule has 0 heterocycles. The van der Waals surface area contributed by atoms with Crippen LogP contribution in [0.5, 0.6) is 23.0 Å². The van der Waals surface area contributed by atoms with Gasteiger partial charge in [-0.2, -0.15) is 8.42 Å². The van der Waals surface area contributed by atoms with Crippen molar-refractivity contribution in [2.75, 3.05) is 27.1 Å². The van der Waals surface area contributed by atoms with Gasteiger partial charge in [0.1, 0.15) is 23.9 Å². The van der Waals surface area contributed by atoms with E-state index in [0.29, 0.717) is 34.3 Å². The van der Waals surface area contributed by atoms with E-state index in [9.17, 15) is 17.6 Å². The number of carbonyl (C=O) groups is 1. The minimum atomic E-state index is -3.87. The molecule has 3 aromatic rings. The molecule has 9 heteroatoms. The smallest absolute Gasteiger partial charge is 0.306 e. The standard InChI is InChI=1S/C27H27FO7S/c1-17(2)12-13-34-23-11-8-19(14-24(23)35-36(5,30)31)21-15-25(32-3)26(22(16-29)27(21)33-4)18-6-9-20(28)10-7-18/h6-12,14-16H,13H2,1-5H3. The molecule has 3 rings (SSSR count). The molecular formula is C27H27FO7S. The van der Waals surface area contributed by atoms with E-state index in [0.717, 1.165) is 11.8 Å². The van der Waals surface area contributed by atoms with E-state index < -0.39 is 15.9 Å². The normalized spacial score (nSPS) is 10.9. The lowest BCUT2D eigenvalue weighted by atomic mass is 9.92. The van der Waals surface area contributed by atoms with Gasteiger partial charge in [-0.25, -0.2) is 4.39 Å². The minimum absolute atomic E-state index is 0.0200. The molecule has 0 saturated heterocycles. The number of allylic oxidation sites excluding steroid dienone is 1. The molecule has 0 spiro atoms. The lowest BCUT2D eigenvalue weighted by Gasteiger charge is -2.19. The molecule has 0 bridgehead atoms. The SMILES string of the molecule is COc1cc(-c2ccc(OCC=C(C)C)c(OS(C)(=O)=O)c2)c(OC)c(C=O)c1-c1ccc(F)cc1. The highest BCUT2D eigenvalue weighted by atomic mass is 32.2. The maximum absolute atomic E-state index is 13.5. The average Bonchev–Trinajstić information content (AvgIpc) is 2.83. The monoisotopic (exact) mass is 514 g/mol. The summed E-state index contributed by atoms with van der Waals surface area (Å²) in [4.78, 5) is 12.2. The molecule has 0 atom stereocenters. The Balaban J connectivity index is 2.22. The van der Waals surface area contributed by atoms with E-state index in [-0.39, 0.29) is 29.4 Å². The van der Waals surface area contributed by atoms with Crippen molar-refractivity contribution < 1.29 is 36.0 Å². The molecule has 0 aliphatic rings. The van der Waals surface area contributed by atoms with Crippen LogP contribution in [-0.2, 0) is 10.1 Å². The first-order chi connectivity index (χ1) is 17.1. The van der Waals surface area contributed by atoms with Crippen LogP contribution in [0.15, 0.2) is 60.2 Å². The maximum atomic E-state index is 13.5. The van der Waals surface area contributed by atoms with Gasteiger partial charge >= 0.3 is 10.1 Å². The number of benzene rings is 3. The summed E-state index contributed by atoms with van der Waals surface area (Å²) in [6, 6.07) is 12.1. The van der Waals surface area contributed by atoms with Gasteiger partial charge in [0.25, 0.3) is 0 Å². The van der Waals surface area contributed by atoms with Gasteiger partial charge in [-0.1, -0.05) is 23.8 Å². The molecule has 0 fully saturated rings. The first kappa shape index (κ1) is 26.7. The van der Waals surface area contributed by atoms with Crippen molar-refractivity contribution in [2.45, 2.75) is 13.8 Å². The second-order valence-electron chi connectivity index (χ2n) is 8.11. The quantitative estimate of drug-likeness (QED) is 0.196. The summed E-state index contributed by atoms with van der Waals surface area (Å²) in [6.45, 7) is 4.06. The highest BCUT2D eigenvalue weighted by Gasteiger charge is 2.23. The van der Waals surface area contributed by atoms with Crippen LogP contribution >= 0.6 is 0 Å². The Morgan fingerprint density at radius 3 is 2.14 bits per heavy atom. The summed E-state index contributed by atoms with van der Waals surface area (Å²) in [5.74, 6) is 0.362. The number of hydrogen-bond acceptors (Lipinski definition) is 7. The molecule has 190 valence electrons. The summed E-state index contributed by atoms with van der Waals surface area (Å²) < 4.78 is 59.4. The molecule has 3 aromatic carbocycles. The molecule has 0 amide bonds. The molecule has 0 N–H and O–H groups in total. The van der Waals surface area contributed by atoms with E-state index >= 15 is 0 Å². The summed E-state index contributed by atoms with van der Waals surface area (Å²) in [6.07, 6.45) is 3.41. The lowest BCUT2D eigenvalue weighted by Crippen LogP contribution is -2.08. The number of halogens is 1. The lowest BCUT2D eigenvalue weighted by molar-refractivity contribution is 0.112. The van der Waals surface area contributed by atoms with Crippen LogP contribution < -0.4 is 18.4 Å². The predicted octanol–water partition coefficient (Wildman–Crippen LogP) is 5.67. The van der Waals surface area contributed by atoms with Gasteiger partial charge in [0.2, 0.25) is 0 Å². The zero-order valence-corrected chi connectivity index (χ0v) is 21.4. The van der Waals surface area contributed by atoms with E-state index in [1.165, 1.54) is 44.6 Å². The van der Waals surface area contributed by atoms with Crippen LogP contribution in [-0.4, -0.2) is 41.8 Å².